The second kappa shape index (κ2) is 7.61. The van der Waals surface area contributed by atoms with E-state index < -0.39 is 0 Å². The molecular formula is C19H31F. The first-order chi connectivity index (χ1) is 9.07. The van der Waals surface area contributed by atoms with Crippen LogP contribution in [0.2, 0.25) is 0 Å². The molecule has 0 heterocycles. The second-order valence-corrected chi connectivity index (χ2v) is 7.05. The summed E-state index contributed by atoms with van der Waals surface area (Å²) >= 11 is 0. The van der Waals surface area contributed by atoms with Crippen LogP contribution < -0.4 is 0 Å². The van der Waals surface area contributed by atoms with Crippen molar-refractivity contribution >= 4 is 0 Å². The maximum atomic E-state index is 14.6. The Morgan fingerprint density at radius 2 is 1.75 bits per heavy atom. The van der Waals surface area contributed by atoms with Crippen LogP contribution in [0.3, 0.4) is 0 Å². The molecule has 1 heteroatoms. The van der Waals surface area contributed by atoms with Crippen molar-refractivity contribution in [2.45, 2.75) is 54.4 Å². The number of hydrogen-bond acceptors (Lipinski definition) is 0. The van der Waals surface area contributed by atoms with E-state index in [9.17, 15) is 4.39 Å². The van der Waals surface area contributed by atoms with Crippen molar-refractivity contribution < 1.29 is 4.39 Å². The molecule has 0 saturated heterocycles. The Labute approximate surface area is 125 Å². The number of hydrogen-bond donors (Lipinski definition) is 0. The SMILES string of the molecule is C=CCC(=C)CC(/C(F)=C\C=C/C)C(C)(C)C(C)(C)C. The molecule has 0 bridgehead atoms. The Balaban J connectivity index is 5.47. The van der Waals surface area contributed by atoms with Crippen molar-refractivity contribution in [1.29, 1.82) is 0 Å². The van der Waals surface area contributed by atoms with Gasteiger partial charge in [-0.1, -0.05) is 65.0 Å². The maximum absolute atomic E-state index is 14.6. The molecule has 0 saturated carbocycles. The highest BCUT2D eigenvalue weighted by Crippen LogP contribution is 2.49. The van der Waals surface area contributed by atoms with E-state index in [1.54, 1.807) is 12.2 Å². The largest absolute Gasteiger partial charge is 0.211 e. The summed E-state index contributed by atoms with van der Waals surface area (Å²) < 4.78 is 14.6. The molecule has 0 aromatic heterocycles. The molecule has 0 aliphatic rings. The molecule has 1 unspecified atom stereocenters. The molecule has 0 nitrogen and oxygen atoms in total. The molecule has 0 N–H and O–H groups in total. The van der Waals surface area contributed by atoms with Gasteiger partial charge in [0.15, 0.2) is 0 Å². The lowest BCUT2D eigenvalue weighted by molar-refractivity contribution is 0.0612. The molecule has 20 heavy (non-hydrogen) atoms. The molecule has 0 aromatic carbocycles. The molecule has 0 aromatic rings. The summed E-state index contributed by atoms with van der Waals surface area (Å²) in [5.41, 5.74) is 0.873. The summed E-state index contributed by atoms with van der Waals surface area (Å²) in [5.74, 6) is -0.223. The molecule has 0 radical (unpaired) electrons. The highest BCUT2D eigenvalue weighted by atomic mass is 19.1. The van der Waals surface area contributed by atoms with Crippen molar-refractivity contribution in [3.8, 4) is 0 Å². The van der Waals surface area contributed by atoms with Gasteiger partial charge in [0, 0.05) is 5.92 Å². The van der Waals surface area contributed by atoms with E-state index in [4.69, 9.17) is 0 Å². The lowest BCUT2D eigenvalue weighted by atomic mass is 9.60. The fraction of sp³-hybridized carbons (Fsp3) is 0.579. The van der Waals surface area contributed by atoms with Crippen molar-refractivity contribution in [3.05, 3.63) is 48.9 Å². The Bertz CT molecular complexity index is 388. The van der Waals surface area contributed by atoms with Gasteiger partial charge >= 0.3 is 0 Å². The normalized spacial score (nSPS) is 15.4. The molecule has 0 aliphatic carbocycles. The Morgan fingerprint density at radius 1 is 1.20 bits per heavy atom. The molecule has 0 spiro atoms. The van der Waals surface area contributed by atoms with Crippen molar-refractivity contribution in [2.75, 3.05) is 0 Å². The van der Waals surface area contributed by atoms with Gasteiger partial charge in [-0.15, -0.1) is 6.58 Å². The van der Waals surface area contributed by atoms with Gasteiger partial charge in [-0.2, -0.15) is 0 Å². The Kier molecular flexibility index (Phi) is 7.19. The third kappa shape index (κ3) is 5.11. The predicted molar refractivity (Wildman–Crippen MR) is 89.3 cm³/mol. The fourth-order valence-electron chi connectivity index (χ4n) is 2.10. The van der Waals surface area contributed by atoms with Gasteiger partial charge in [-0.25, -0.2) is 4.39 Å². The van der Waals surface area contributed by atoms with Crippen molar-refractivity contribution in [1.82, 2.24) is 0 Å². The van der Waals surface area contributed by atoms with Crippen LogP contribution in [-0.4, -0.2) is 0 Å². The zero-order chi connectivity index (χ0) is 16.0. The maximum Gasteiger partial charge on any atom is 0.104 e. The van der Waals surface area contributed by atoms with E-state index in [2.05, 4.69) is 47.8 Å². The third-order valence-corrected chi connectivity index (χ3v) is 4.51. The van der Waals surface area contributed by atoms with Crippen molar-refractivity contribution in [3.63, 3.8) is 0 Å². The minimum Gasteiger partial charge on any atom is -0.211 e. The number of allylic oxidation sites excluding steroid dienone is 6. The van der Waals surface area contributed by atoms with E-state index in [1.807, 2.05) is 19.1 Å². The van der Waals surface area contributed by atoms with Crippen LogP contribution in [0.4, 0.5) is 4.39 Å². The van der Waals surface area contributed by atoms with Crippen LogP contribution in [0.25, 0.3) is 0 Å². The van der Waals surface area contributed by atoms with E-state index >= 15 is 0 Å². The highest BCUT2D eigenvalue weighted by Gasteiger charge is 2.41. The topological polar surface area (TPSA) is 0 Å². The van der Waals surface area contributed by atoms with Crippen LogP contribution in [-0.2, 0) is 0 Å². The number of halogens is 1. The van der Waals surface area contributed by atoms with Gasteiger partial charge in [0.25, 0.3) is 0 Å². The molecule has 0 fully saturated rings. The second-order valence-electron chi connectivity index (χ2n) is 7.05. The zero-order valence-electron chi connectivity index (χ0n) is 14.1. The Hall–Kier alpha value is -1.11. The minimum absolute atomic E-state index is 0.00718. The quantitative estimate of drug-likeness (QED) is 0.362. The standard InChI is InChI=1S/C19H31F/c1-9-11-13-17(20)16(14-15(3)12-10-2)19(7,8)18(4,5)6/h9-11,13,16H,2-3,12,14H2,1,4-8H3/b11-9-,17-13+. The molecule has 1 atom stereocenters. The van der Waals surface area contributed by atoms with Gasteiger partial charge in [0.2, 0.25) is 0 Å². The molecule has 0 amide bonds. The zero-order valence-corrected chi connectivity index (χ0v) is 14.1. The van der Waals surface area contributed by atoms with Crippen LogP contribution >= 0.6 is 0 Å². The lowest BCUT2D eigenvalue weighted by Crippen LogP contribution is -2.37. The summed E-state index contributed by atoms with van der Waals surface area (Å²) in [4.78, 5) is 0. The summed E-state index contributed by atoms with van der Waals surface area (Å²) in [6.45, 7) is 20.5. The van der Waals surface area contributed by atoms with E-state index in [1.165, 1.54) is 0 Å². The van der Waals surface area contributed by atoms with Crippen LogP contribution in [0.15, 0.2) is 48.9 Å². The lowest BCUT2D eigenvalue weighted by Gasteiger charge is -2.45. The van der Waals surface area contributed by atoms with Crippen LogP contribution in [0.1, 0.15) is 54.4 Å². The molecule has 0 aliphatic heterocycles. The van der Waals surface area contributed by atoms with E-state index in [0.717, 1.165) is 12.0 Å². The molecular weight excluding hydrogens is 247 g/mol. The summed E-state index contributed by atoms with van der Waals surface area (Å²) in [5, 5.41) is 0. The summed E-state index contributed by atoms with van der Waals surface area (Å²) in [7, 11) is 0. The van der Waals surface area contributed by atoms with Gasteiger partial charge < -0.3 is 0 Å². The average molecular weight is 278 g/mol. The van der Waals surface area contributed by atoms with Gasteiger partial charge in [0.05, 0.1) is 0 Å². The van der Waals surface area contributed by atoms with Gasteiger partial charge in [-0.05, 0) is 36.7 Å². The van der Waals surface area contributed by atoms with E-state index in [-0.39, 0.29) is 22.6 Å². The van der Waals surface area contributed by atoms with Crippen molar-refractivity contribution in [2.24, 2.45) is 16.7 Å². The minimum atomic E-state index is -0.167. The first kappa shape index (κ1) is 18.9. The Morgan fingerprint density at radius 3 is 2.15 bits per heavy atom. The van der Waals surface area contributed by atoms with Crippen LogP contribution in [0.5, 0.6) is 0 Å². The van der Waals surface area contributed by atoms with Gasteiger partial charge in [-0.3, -0.25) is 0 Å². The van der Waals surface area contributed by atoms with Gasteiger partial charge in [0.1, 0.15) is 5.83 Å². The fourth-order valence-corrected chi connectivity index (χ4v) is 2.10. The monoisotopic (exact) mass is 278 g/mol. The third-order valence-electron chi connectivity index (χ3n) is 4.51. The summed E-state index contributed by atoms with van der Waals surface area (Å²) in [6, 6.07) is 0. The number of rotatable bonds is 7. The van der Waals surface area contributed by atoms with Crippen LogP contribution in [0, 0.1) is 16.7 Å². The molecule has 0 rings (SSSR count). The smallest absolute Gasteiger partial charge is 0.104 e. The van der Waals surface area contributed by atoms with E-state index in [0.29, 0.717) is 6.42 Å². The molecule has 114 valence electrons. The highest BCUT2D eigenvalue weighted by molar-refractivity contribution is 5.16. The average Bonchev–Trinajstić information content (AvgIpc) is 2.31. The first-order valence-corrected chi connectivity index (χ1v) is 7.33. The predicted octanol–water partition coefficient (Wildman–Crippen LogP) is 6.63. The summed E-state index contributed by atoms with van der Waals surface area (Å²) in [6.07, 6.45) is 8.43. The first-order valence-electron chi connectivity index (χ1n) is 7.33.